The van der Waals surface area contributed by atoms with Gasteiger partial charge in [0.05, 0.1) is 0 Å². The molecule has 1 aliphatic carbocycles. The predicted octanol–water partition coefficient (Wildman–Crippen LogP) is 4.85. The van der Waals surface area contributed by atoms with E-state index in [0.29, 0.717) is 17.5 Å². The van der Waals surface area contributed by atoms with E-state index in [1.54, 1.807) is 0 Å². The van der Waals surface area contributed by atoms with Crippen LogP contribution in [0.3, 0.4) is 0 Å². The minimum absolute atomic E-state index is 0.0834. The molecule has 1 atom stereocenters. The third-order valence-electron chi connectivity index (χ3n) is 5.15. The van der Waals surface area contributed by atoms with Gasteiger partial charge in [-0.3, -0.25) is 0 Å². The van der Waals surface area contributed by atoms with Crippen LogP contribution in [0.15, 0.2) is 24.3 Å². The van der Waals surface area contributed by atoms with Gasteiger partial charge in [0.2, 0.25) is 0 Å². The fourth-order valence-electron chi connectivity index (χ4n) is 3.80. The molecule has 3 rings (SSSR count). The second kappa shape index (κ2) is 5.31. The van der Waals surface area contributed by atoms with Gasteiger partial charge in [-0.2, -0.15) is 0 Å². The smallest absolute Gasteiger partial charge is 0.124 e. The molecule has 1 N–H and O–H groups in total. The summed E-state index contributed by atoms with van der Waals surface area (Å²) in [5.74, 6) is 1.06. The normalized spacial score (nSPS) is 27.7. The van der Waals surface area contributed by atoms with Crippen molar-refractivity contribution in [1.82, 2.24) is 5.32 Å². The molecular weight excluding hydrogens is 258 g/mol. The van der Waals surface area contributed by atoms with Crippen molar-refractivity contribution in [2.45, 2.75) is 77.5 Å². The molecule has 1 aromatic carbocycles. The molecule has 1 heterocycles. The number of ether oxygens (including phenoxy) is 1. The first-order valence-corrected chi connectivity index (χ1v) is 8.39. The van der Waals surface area contributed by atoms with Crippen LogP contribution in [0.25, 0.3) is 0 Å². The topological polar surface area (TPSA) is 21.3 Å². The Morgan fingerprint density at radius 2 is 1.71 bits per heavy atom. The lowest BCUT2D eigenvalue weighted by Crippen LogP contribution is -2.44. The summed E-state index contributed by atoms with van der Waals surface area (Å²) in [5, 5.41) is 3.93. The molecule has 1 aromatic rings. The number of rotatable bonds is 2. The van der Waals surface area contributed by atoms with Crippen molar-refractivity contribution < 1.29 is 4.74 Å². The van der Waals surface area contributed by atoms with Crippen LogP contribution in [0.2, 0.25) is 0 Å². The maximum Gasteiger partial charge on any atom is 0.124 e. The average molecular weight is 287 g/mol. The van der Waals surface area contributed by atoms with Crippen molar-refractivity contribution in [2.24, 2.45) is 5.41 Å². The fraction of sp³-hybridized carbons (Fsp3) is 0.684. The molecule has 0 bridgehead atoms. The molecule has 0 amide bonds. The number of hydrogen-bond donors (Lipinski definition) is 1. The SMILES string of the molecule is CC1(C)CCC(NC2CC(C)(C)Oc3ccccc32)CC1. The molecule has 0 aromatic heterocycles. The van der Waals surface area contributed by atoms with E-state index < -0.39 is 0 Å². The number of benzene rings is 1. The molecule has 21 heavy (non-hydrogen) atoms. The Morgan fingerprint density at radius 3 is 2.43 bits per heavy atom. The Balaban J connectivity index is 1.73. The largest absolute Gasteiger partial charge is 0.487 e. The van der Waals surface area contributed by atoms with Gasteiger partial charge in [-0.05, 0) is 51.0 Å². The quantitative estimate of drug-likeness (QED) is 0.839. The molecular formula is C19H29NO. The number of fused-ring (bicyclic) bond motifs is 1. The molecule has 1 fully saturated rings. The van der Waals surface area contributed by atoms with E-state index in [-0.39, 0.29) is 5.60 Å². The van der Waals surface area contributed by atoms with E-state index in [0.717, 1.165) is 12.2 Å². The third-order valence-corrected chi connectivity index (χ3v) is 5.15. The molecule has 0 radical (unpaired) electrons. The zero-order valence-corrected chi connectivity index (χ0v) is 13.9. The van der Waals surface area contributed by atoms with Crippen molar-refractivity contribution in [3.05, 3.63) is 29.8 Å². The van der Waals surface area contributed by atoms with Gasteiger partial charge in [0.15, 0.2) is 0 Å². The minimum Gasteiger partial charge on any atom is -0.487 e. The summed E-state index contributed by atoms with van der Waals surface area (Å²) in [5.41, 5.74) is 1.78. The Labute approximate surface area is 129 Å². The second-order valence-corrected chi connectivity index (χ2v) is 8.26. The van der Waals surface area contributed by atoms with Crippen LogP contribution < -0.4 is 10.1 Å². The Morgan fingerprint density at radius 1 is 1.05 bits per heavy atom. The van der Waals surface area contributed by atoms with Crippen molar-refractivity contribution in [3.8, 4) is 5.75 Å². The Hall–Kier alpha value is -1.02. The first-order chi connectivity index (χ1) is 9.85. The van der Waals surface area contributed by atoms with Crippen molar-refractivity contribution >= 4 is 0 Å². The summed E-state index contributed by atoms with van der Waals surface area (Å²) in [7, 11) is 0. The van der Waals surface area contributed by atoms with Gasteiger partial charge >= 0.3 is 0 Å². The molecule has 1 unspecified atom stereocenters. The van der Waals surface area contributed by atoms with Crippen molar-refractivity contribution in [2.75, 3.05) is 0 Å². The average Bonchev–Trinajstić information content (AvgIpc) is 2.40. The van der Waals surface area contributed by atoms with Crippen LogP contribution in [0.4, 0.5) is 0 Å². The molecule has 2 aliphatic rings. The number of para-hydroxylation sites is 1. The molecule has 2 heteroatoms. The van der Waals surface area contributed by atoms with Crippen molar-refractivity contribution in [1.29, 1.82) is 0 Å². The first-order valence-electron chi connectivity index (χ1n) is 8.39. The lowest BCUT2D eigenvalue weighted by Gasteiger charge is -2.41. The zero-order chi connectivity index (χ0) is 15.1. The Kier molecular flexibility index (Phi) is 3.77. The van der Waals surface area contributed by atoms with Gasteiger partial charge in [-0.15, -0.1) is 0 Å². The molecule has 116 valence electrons. The van der Waals surface area contributed by atoms with E-state index in [4.69, 9.17) is 4.74 Å². The zero-order valence-electron chi connectivity index (χ0n) is 13.9. The number of nitrogens with one attached hydrogen (secondary N) is 1. The van der Waals surface area contributed by atoms with Crippen LogP contribution in [-0.2, 0) is 0 Å². The number of hydrogen-bond acceptors (Lipinski definition) is 2. The highest BCUT2D eigenvalue weighted by atomic mass is 16.5. The summed E-state index contributed by atoms with van der Waals surface area (Å²) in [6.07, 6.45) is 6.31. The first kappa shape index (κ1) is 14.9. The van der Waals surface area contributed by atoms with Gasteiger partial charge in [-0.25, -0.2) is 0 Å². The second-order valence-electron chi connectivity index (χ2n) is 8.26. The van der Waals surface area contributed by atoms with Crippen LogP contribution in [-0.4, -0.2) is 11.6 Å². The van der Waals surface area contributed by atoms with E-state index in [1.807, 2.05) is 0 Å². The summed E-state index contributed by atoms with van der Waals surface area (Å²) in [4.78, 5) is 0. The van der Waals surface area contributed by atoms with Gasteiger partial charge < -0.3 is 10.1 Å². The monoisotopic (exact) mass is 287 g/mol. The lowest BCUT2D eigenvalue weighted by molar-refractivity contribution is 0.0603. The highest BCUT2D eigenvalue weighted by Gasteiger charge is 2.35. The van der Waals surface area contributed by atoms with Gasteiger partial charge in [0.1, 0.15) is 11.4 Å². The molecule has 1 aliphatic heterocycles. The Bertz CT molecular complexity index is 496. The molecule has 2 nitrogen and oxygen atoms in total. The van der Waals surface area contributed by atoms with Crippen LogP contribution >= 0.6 is 0 Å². The van der Waals surface area contributed by atoms with Gasteiger partial charge in [0, 0.05) is 24.1 Å². The maximum atomic E-state index is 6.13. The van der Waals surface area contributed by atoms with E-state index in [1.165, 1.54) is 31.2 Å². The van der Waals surface area contributed by atoms with Gasteiger partial charge in [0.25, 0.3) is 0 Å². The third kappa shape index (κ3) is 3.42. The lowest BCUT2D eigenvalue weighted by atomic mass is 9.75. The summed E-state index contributed by atoms with van der Waals surface area (Å²) in [6, 6.07) is 9.60. The maximum absolute atomic E-state index is 6.13. The summed E-state index contributed by atoms with van der Waals surface area (Å²) >= 11 is 0. The van der Waals surface area contributed by atoms with Gasteiger partial charge in [-0.1, -0.05) is 32.0 Å². The predicted molar refractivity (Wildman–Crippen MR) is 87.7 cm³/mol. The summed E-state index contributed by atoms with van der Waals surface area (Å²) < 4.78 is 6.13. The molecule has 0 saturated heterocycles. The minimum atomic E-state index is -0.0834. The van der Waals surface area contributed by atoms with E-state index in [9.17, 15) is 0 Å². The molecule has 0 spiro atoms. The van der Waals surface area contributed by atoms with E-state index in [2.05, 4.69) is 57.3 Å². The van der Waals surface area contributed by atoms with Crippen LogP contribution in [0.1, 0.15) is 71.4 Å². The fourth-order valence-corrected chi connectivity index (χ4v) is 3.80. The highest BCUT2D eigenvalue weighted by molar-refractivity contribution is 5.38. The summed E-state index contributed by atoms with van der Waals surface area (Å²) in [6.45, 7) is 9.19. The molecule has 1 saturated carbocycles. The van der Waals surface area contributed by atoms with Crippen molar-refractivity contribution in [3.63, 3.8) is 0 Å². The van der Waals surface area contributed by atoms with E-state index >= 15 is 0 Å². The standard InChI is InChI=1S/C19H29NO/c1-18(2)11-9-14(10-12-18)20-16-13-19(3,4)21-17-8-6-5-7-15(16)17/h5-8,14,16,20H,9-13H2,1-4H3. The van der Waals surface area contributed by atoms with Crippen LogP contribution in [0.5, 0.6) is 5.75 Å². The highest BCUT2D eigenvalue weighted by Crippen LogP contribution is 2.41. The van der Waals surface area contributed by atoms with Crippen LogP contribution in [0, 0.1) is 5.41 Å².